The molecule has 0 aliphatic carbocycles. The van der Waals surface area contributed by atoms with Crippen LogP contribution >= 0.6 is 0 Å². The molecule has 0 spiro atoms. The van der Waals surface area contributed by atoms with Crippen LogP contribution in [0.1, 0.15) is 26.3 Å². The molecule has 0 radical (unpaired) electrons. The molecule has 0 aliphatic heterocycles. The first-order chi connectivity index (χ1) is 22.4. The molecule has 0 saturated carbocycles. The molecular weight excluding hydrogens is 570 g/mol. The van der Waals surface area contributed by atoms with Crippen molar-refractivity contribution in [2.24, 2.45) is 0 Å². The lowest BCUT2D eigenvalue weighted by Gasteiger charge is -2.20. The Morgan fingerprint density at radius 3 is 2.22 bits per heavy atom. The van der Waals surface area contributed by atoms with E-state index in [2.05, 4.69) is 111 Å². The summed E-state index contributed by atoms with van der Waals surface area (Å²) in [6, 6.07) is 35.4. The van der Waals surface area contributed by atoms with E-state index in [1.54, 1.807) is 12.4 Å². The standard InChI is InChI=1S/C38H29N7O/c1-38(2,3)24-17-18-39-34(21-24)44-30-12-5-4-11-28(30)29-16-15-27(23-33(29)44)46-26-10-8-9-25(22-26)43-31-13-6-7-14-32(31)45-36-35(42-37(43)45)40-19-20-41-36/h4-23H,1-3H3. The maximum Gasteiger partial charge on any atom is 0.223 e. The van der Waals surface area contributed by atoms with Crippen molar-refractivity contribution in [3.63, 3.8) is 0 Å². The highest BCUT2D eigenvalue weighted by Gasteiger charge is 2.20. The fraction of sp³-hybridized carbons (Fsp3) is 0.105. The van der Waals surface area contributed by atoms with E-state index in [-0.39, 0.29) is 5.41 Å². The number of rotatable bonds is 4. The normalized spacial score (nSPS) is 12.2. The van der Waals surface area contributed by atoms with Gasteiger partial charge in [0.15, 0.2) is 11.3 Å². The minimum atomic E-state index is 0.00248. The third-order valence-electron chi connectivity index (χ3n) is 8.64. The van der Waals surface area contributed by atoms with Gasteiger partial charge in [-0.2, -0.15) is 4.98 Å². The number of fused-ring (bicyclic) bond motifs is 8. The van der Waals surface area contributed by atoms with Crippen molar-refractivity contribution < 1.29 is 4.74 Å². The number of aromatic nitrogens is 7. The number of pyridine rings is 1. The van der Waals surface area contributed by atoms with Gasteiger partial charge in [0.25, 0.3) is 0 Å². The van der Waals surface area contributed by atoms with Crippen molar-refractivity contribution in [3.05, 3.63) is 127 Å². The highest BCUT2D eigenvalue weighted by Crippen LogP contribution is 2.36. The van der Waals surface area contributed by atoms with Crippen molar-refractivity contribution in [2.45, 2.75) is 26.2 Å². The highest BCUT2D eigenvalue weighted by atomic mass is 16.5. The summed E-state index contributed by atoms with van der Waals surface area (Å²) < 4.78 is 13.0. The molecule has 8 nitrogen and oxygen atoms in total. The predicted molar refractivity (Wildman–Crippen MR) is 182 cm³/mol. The van der Waals surface area contributed by atoms with Gasteiger partial charge in [-0.15, -0.1) is 0 Å². The summed E-state index contributed by atoms with van der Waals surface area (Å²) in [5.74, 6) is 3.09. The minimum Gasteiger partial charge on any atom is -0.457 e. The molecule has 0 atom stereocenters. The van der Waals surface area contributed by atoms with E-state index in [1.165, 1.54) is 10.9 Å². The molecule has 46 heavy (non-hydrogen) atoms. The summed E-state index contributed by atoms with van der Waals surface area (Å²) in [7, 11) is 0. The average Bonchev–Trinajstić information content (AvgIpc) is 3.71. The van der Waals surface area contributed by atoms with E-state index < -0.39 is 0 Å². The van der Waals surface area contributed by atoms with Crippen molar-refractivity contribution in [1.82, 2.24) is 33.5 Å². The topological polar surface area (TPSA) is 75.1 Å². The van der Waals surface area contributed by atoms with Crippen LogP contribution in [0, 0.1) is 0 Å². The number of hydrogen-bond donors (Lipinski definition) is 0. The number of ether oxygens (including phenoxy) is 1. The van der Waals surface area contributed by atoms with Crippen molar-refractivity contribution in [1.29, 1.82) is 0 Å². The smallest absolute Gasteiger partial charge is 0.223 e. The molecule has 0 fully saturated rings. The zero-order valence-corrected chi connectivity index (χ0v) is 25.6. The first kappa shape index (κ1) is 26.4. The van der Waals surface area contributed by atoms with E-state index in [1.807, 2.05) is 42.6 Å². The molecule has 5 aromatic heterocycles. The summed E-state index contributed by atoms with van der Waals surface area (Å²) in [4.78, 5) is 18.7. The van der Waals surface area contributed by atoms with E-state index in [0.717, 1.165) is 61.9 Å². The van der Waals surface area contributed by atoms with E-state index in [9.17, 15) is 0 Å². The third-order valence-corrected chi connectivity index (χ3v) is 8.64. The second-order valence-corrected chi connectivity index (χ2v) is 12.6. The summed E-state index contributed by atoms with van der Waals surface area (Å²) >= 11 is 0. The molecule has 0 saturated heterocycles. The van der Waals surface area contributed by atoms with Crippen LogP contribution in [-0.4, -0.2) is 33.5 Å². The summed E-state index contributed by atoms with van der Waals surface area (Å²) in [5, 5.41) is 2.32. The SMILES string of the molecule is CC(C)(C)c1ccnc(-n2c3ccccc3c3ccc(Oc4cccc(-n5c6ccccc6n6c7nccnc7nc56)c4)cc32)c1. The average molecular weight is 600 g/mol. The molecule has 0 unspecified atom stereocenters. The van der Waals surface area contributed by atoms with Crippen molar-refractivity contribution in [3.8, 4) is 23.0 Å². The fourth-order valence-corrected chi connectivity index (χ4v) is 6.47. The summed E-state index contributed by atoms with van der Waals surface area (Å²) in [6.45, 7) is 6.67. The van der Waals surface area contributed by atoms with Gasteiger partial charge in [0, 0.05) is 41.5 Å². The molecule has 0 bridgehead atoms. The van der Waals surface area contributed by atoms with Crippen LogP contribution in [-0.2, 0) is 5.41 Å². The van der Waals surface area contributed by atoms with Gasteiger partial charge in [0.05, 0.1) is 27.8 Å². The molecule has 9 aromatic rings. The molecular formula is C38H29N7O. The molecule has 222 valence electrons. The molecule has 4 aromatic carbocycles. The monoisotopic (exact) mass is 599 g/mol. The van der Waals surface area contributed by atoms with Gasteiger partial charge in [0.2, 0.25) is 5.78 Å². The number of hydrogen-bond acceptors (Lipinski definition) is 5. The lowest BCUT2D eigenvalue weighted by molar-refractivity contribution is 0.483. The molecule has 0 aliphatic rings. The van der Waals surface area contributed by atoms with Crippen LogP contribution in [0.3, 0.4) is 0 Å². The van der Waals surface area contributed by atoms with Crippen LogP contribution < -0.4 is 4.74 Å². The van der Waals surface area contributed by atoms with Crippen LogP contribution in [0.2, 0.25) is 0 Å². The Morgan fingerprint density at radius 1 is 0.587 bits per heavy atom. The van der Waals surface area contributed by atoms with E-state index in [4.69, 9.17) is 14.7 Å². The molecule has 9 rings (SSSR count). The minimum absolute atomic E-state index is 0.00248. The number of nitrogens with zero attached hydrogens (tertiary/aromatic N) is 7. The zero-order valence-electron chi connectivity index (χ0n) is 25.6. The molecule has 0 N–H and O–H groups in total. The molecule has 8 heteroatoms. The maximum atomic E-state index is 6.57. The van der Waals surface area contributed by atoms with Gasteiger partial charge in [-0.25, -0.2) is 15.0 Å². The van der Waals surface area contributed by atoms with Gasteiger partial charge in [-0.1, -0.05) is 57.2 Å². The van der Waals surface area contributed by atoms with Crippen molar-refractivity contribution >= 4 is 49.9 Å². The predicted octanol–water partition coefficient (Wildman–Crippen LogP) is 8.80. The van der Waals surface area contributed by atoms with Crippen molar-refractivity contribution in [2.75, 3.05) is 0 Å². The van der Waals surface area contributed by atoms with Crippen LogP contribution in [0.25, 0.3) is 61.4 Å². The molecule has 0 amide bonds. The Balaban J connectivity index is 1.17. The largest absolute Gasteiger partial charge is 0.457 e. The van der Waals surface area contributed by atoms with E-state index in [0.29, 0.717) is 5.65 Å². The fourth-order valence-electron chi connectivity index (χ4n) is 6.47. The lowest BCUT2D eigenvalue weighted by atomic mass is 9.88. The van der Waals surface area contributed by atoms with Gasteiger partial charge >= 0.3 is 0 Å². The van der Waals surface area contributed by atoms with Gasteiger partial charge < -0.3 is 4.74 Å². The number of benzene rings is 4. The van der Waals surface area contributed by atoms with E-state index >= 15 is 0 Å². The zero-order chi connectivity index (χ0) is 31.0. The second kappa shape index (κ2) is 9.74. The quantitative estimate of drug-likeness (QED) is 0.202. The Hall–Kier alpha value is -6.02. The Labute approximate surface area is 264 Å². The van der Waals surface area contributed by atoms with Gasteiger partial charge in [0.1, 0.15) is 17.3 Å². The number of para-hydroxylation sites is 3. The lowest BCUT2D eigenvalue weighted by Crippen LogP contribution is -2.12. The highest BCUT2D eigenvalue weighted by molar-refractivity contribution is 6.09. The van der Waals surface area contributed by atoms with Crippen LogP contribution in [0.4, 0.5) is 0 Å². The first-order valence-electron chi connectivity index (χ1n) is 15.3. The Kier molecular flexibility index (Phi) is 5.59. The number of imidazole rings is 2. The Bertz CT molecular complexity index is 2620. The first-order valence-corrected chi connectivity index (χ1v) is 15.3. The summed E-state index contributed by atoms with van der Waals surface area (Å²) in [6.07, 6.45) is 5.27. The third kappa shape index (κ3) is 4.00. The van der Waals surface area contributed by atoms with Crippen LogP contribution in [0.5, 0.6) is 11.5 Å². The molecule has 5 heterocycles. The second-order valence-electron chi connectivity index (χ2n) is 12.6. The maximum absolute atomic E-state index is 6.57. The van der Waals surface area contributed by atoms with Gasteiger partial charge in [-0.3, -0.25) is 13.5 Å². The van der Waals surface area contributed by atoms with Gasteiger partial charge in [-0.05, 0) is 65.6 Å². The van der Waals surface area contributed by atoms with Crippen LogP contribution in [0.15, 0.2) is 122 Å². The summed E-state index contributed by atoms with van der Waals surface area (Å²) in [5.41, 5.74) is 7.67. The Morgan fingerprint density at radius 2 is 1.35 bits per heavy atom.